The van der Waals surface area contributed by atoms with Gasteiger partial charge in [-0.15, -0.1) is 0 Å². The van der Waals surface area contributed by atoms with Gasteiger partial charge >= 0.3 is 0 Å². The van der Waals surface area contributed by atoms with Crippen LogP contribution in [0.1, 0.15) is 24.8 Å². The Morgan fingerprint density at radius 1 is 0.947 bits per heavy atom. The van der Waals surface area contributed by atoms with E-state index in [4.69, 9.17) is 0 Å². The zero-order valence-corrected chi connectivity index (χ0v) is 12.2. The maximum atomic E-state index is 4.33. The largest absolute Gasteiger partial charge is 0.133 e. The van der Waals surface area contributed by atoms with E-state index in [0.717, 1.165) is 0 Å². The molecule has 2 aromatic carbocycles. The van der Waals surface area contributed by atoms with Crippen molar-refractivity contribution in [2.45, 2.75) is 19.3 Å². The molecule has 0 amide bonds. The lowest BCUT2D eigenvalue weighted by atomic mass is 10.0. The highest BCUT2D eigenvalue weighted by Gasteiger charge is 2.22. The average molecular weight is 269 g/mol. The van der Waals surface area contributed by atoms with Crippen LogP contribution in [0.2, 0.25) is 0 Å². The van der Waals surface area contributed by atoms with Gasteiger partial charge in [-0.3, -0.25) is 0 Å². The van der Waals surface area contributed by atoms with Crippen molar-refractivity contribution in [2.24, 2.45) is 0 Å². The lowest BCUT2D eigenvalue weighted by Crippen LogP contribution is -2.21. The summed E-state index contributed by atoms with van der Waals surface area (Å²) < 4.78 is 0. The van der Waals surface area contributed by atoms with Gasteiger partial charge in [0.25, 0.3) is 0 Å². The summed E-state index contributed by atoms with van der Waals surface area (Å²) in [4.78, 5) is 0. The van der Waals surface area contributed by atoms with E-state index in [1.807, 2.05) is 0 Å². The Hall–Kier alpha value is -1.21. The topological polar surface area (TPSA) is 0 Å². The fourth-order valence-corrected chi connectivity index (χ4v) is 5.15. The minimum Gasteiger partial charge on any atom is -0.0905 e. The summed E-state index contributed by atoms with van der Waals surface area (Å²) in [5.41, 5.74) is 2.66. The molecular formula is C18H21S+. The van der Waals surface area contributed by atoms with Crippen molar-refractivity contribution in [3.05, 3.63) is 54.6 Å². The number of hydrogen-bond acceptors (Lipinski definition) is 0. The molecule has 0 aliphatic carbocycles. The molecule has 0 atom stereocenters. The van der Waals surface area contributed by atoms with Gasteiger partial charge in [-0.1, -0.05) is 43.0 Å². The Balaban J connectivity index is 1.77. The maximum absolute atomic E-state index is 4.33. The summed E-state index contributed by atoms with van der Waals surface area (Å²) in [7, 11) is 0.592. The molecule has 3 rings (SSSR count). The molecule has 98 valence electrons. The molecule has 0 nitrogen and oxygen atoms in total. The SMILES string of the molecule is C=C(C[S+]1CCCCC1)c1ccc2ccccc2c1. The van der Waals surface area contributed by atoms with Gasteiger partial charge in [0.1, 0.15) is 17.3 Å². The van der Waals surface area contributed by atoms with E-state index >= 15 is 0 Å². The summed E-state index contributed by atoms with van der Waals surface area (Å²) in [5.74, 6) is 4.05. The van der Waals surface area contributed by atoms with Gasteiger partial charge in [0.15, 0.2) is 0 Å². The zero-order chi connectivity index (χ0) is 13.1. The van der Waals surface area contributed by atoms with Crippen LogP contribution in [0.25, 0.3) is 16.3 Å². The Morgan fingerprint density at radius 2 is 1.68 bits per heavy atom. The first kappa shape index (κ1) is 12.8. The van der Waals surface area contributed by atoms with E-state index in [-0.39, 0.29) is 0 Å². The number of fused-ring (bicyclic) bond motifs is 1. The second kappa shape index (κ2) is 5.83. The third-order valence-electron chi connectivity index (χ3n) is 3.90. The van der Waals surface area contributed by atoms with Crippen LogP contribution in [-0.4, -0.2) is 17.3 Å². The Labute approximate surface area is 118 Å². The standard InChI is InChI=1S/C18H21S/c1-15(14-19-11-5-2-6-12-19)17-10-9-16-7-3-4-8-18(16)13-17/h3-4,7-10,13H,1-2,5-6,11-12,14H2/q+1. The van der Waals surface area contributed by atoms with E-state index in [1.165, 1.54) is 58.4 Å². The van der Waals surface area contributed by atoms with Crippen LogP contribution in [0.15, 0.2) is 49.0 Å². The zero-order valence-electron chi connectivity index (χ0n) is 11.4. The molecule has 1 aliphatic heterocycles. The smallest absolute Gasteiger partial charge is 0.0905 e. The summed E-state index contributed by atoms with van der Waals surface area (Å²) >= 11 is 0. The highest BCUT2D eigenvalue weighted by molar-refractivity contribution is 7.97. The molecule has 0 spiro atoms. The van der Waals surface area contributed by atoms with E-state index in [9.17, 15) is 0 Å². The summed E-state index contributed by atoms with van der Waals surface area (Å²) in [5, 5.41) is 2.65. The monoisotopic (exact) mass is 269 g/mol. The molecule has 1 aliphatic rings. The fraction of sp³-hybridized carbons (Fsp3) is 0.333. The van der Waals surface area contributed by atoms with Gasteiger partial charge in [-0.05, 0) is 52.6 Å². The number of benzene rings is 2. The number of hydrogen-bond donors (Lipinski definition) is 0. The first-order valence-corrected chi connectivity index (χ1v) is 8.87. The van der Waals surface area contributed by atoms with Crippen molar-refractivity contribution >= 4 is 27.2 Å². The van der Waals surface area contributed by atoms with Crippen LogP contribution in [0.5, 0.6) is 0 Å². The average Bonchev–Trinajstić information content (AvgIpc) is 2.48. The Bertz CT molecular complexity index is 579. The van der Waals surface area contributed by atoms with Crippen LogP contribution in [-0.2, 0) is 10.9 Å². The predicted octanol–water partition coefficient (Wildman–Crippen LogP) is 4.66. The molecule has 0 radical (unpaired) electrons. The van der Waals surface area contributed by atoms with E-state index in [0.29, 0.717) is 10.9 Å². The van der Waals surface area contributed by atoms with Gasteiger partial charge in [0.05, 0.1) is 0 Å². The third-order valence-corrected chi connectivity index (χ3v) is 6.39. The molecule has 0 unspecified atom stereocenters. The quantitative estimate of drug-likeness (QED) is 0.711. The molecule has 1 heteroatoms. The normalized spacial score (nSPS) is 16.6. The Morgan fingerprint density at radius 3 is 2.47 bits per heavy atom. The van der Waals surface area contributed by atoms with Gasteiger partial charge in [0.2, 0.25) is 0 Å². The van der Waals surface area contributed by atoms with E-state index in [1.54, 1.807) is 0 Å². The second-order valence-corrected chi connectivity index (χ2v) is 7.72. The molecular weight excluding hydrogens is 248 g/mol. The van der Waals surface area contributed by atoms with Crippen molar-refractivity contribution in [1.29, 1.82) is 0 Å². The molecule has 1 fully saturated rings. The third kappa shape index (κ3) is 3.03. The van der Waals surface area contributed by atoms with Gasteiger partial charge < -0.3 is 0 Å². The van der Waals surface area contributed by atoms with Crippen molar-refractivity contribution in [2.75, 3.05) is 17.3 Å². The van der Waals surface area contributed by atoms with Crippen LogP contribution < -0.4 is 0 Å². The lowest BCUT2D eigenvalue weighted by Gasteiger charge is -2.15. The van der Waals surface area contributed by atoms with Crippen molar-refractivity contribution in [1.82, 2.24) is 0 Å². The maximum Gasteiger partial charge on any atom is 0.133 e. The highest BCUT2D eigenvalue weighted by atomic mass is 32.2. The molecule has 0 saturated carbocycles. The van der Waals surface area contributed by atoms with Crippen LogP contribution in [0.4, 0.5) is 0 Å². The van der Waals surface area contributed by atoms with Crippen molar-refractivity contribution in [3.63, 3.8) is 0 Å². The minimum atomic E-state index is 0.592. The first-order chi connectivity index (χ1) is 9.33. The molecule has 0 bridgehead atoms. The van der Waals surface area contributed by atoms with Gasteiger partial charge in [-0.25, -0.2) is 0 Å². The molecule has 0 N–H and O–H groups in total. The molecule has 19 heavy (non-hydrogen) atoms. The summed E-state index contributed by atoms with van der Waals surface area (Å²) in [6, 6.07) is 15.3. The van der Waals surface area contributed by atoms with E-state index in [2.05, 4.69) is 49.0 Å². The minimum absolute atomic E-state index is 0.592. The van der Waals surface area contributed by atoms with Crippen molar-refractivity contribution in [3.8, 4) is 0 Å². The molecule has 1 saturated heterocycles. The fourth-order valence-electron chi connectivity index (χ4n) is 2.77. The van der Waals surface area contributed by atoms with Crippen LogP contribution in [0.3, 0.4) is 0 Å². The van der Waals surface area contributed by atoms with Gasteiger partial charge in [-0.2, -0.15) is 0 Å². The Kier molecular flexibility index (Phi) is 3.93. The summed E-state index contributed by atoms with van der Waals surface area (Å²) in [6.45, 7) is 4.33. The van der Waals surface area contributed by atoms with Crippen LogP contribution in [0, 0.1) is 0 Å². The lowest BCUT2D eigenvalue weighted by molar-refractivity contribution is 0.757. The summed E-state index contributed by atoms with van der Waals surface area (Å²) in [6.07, 6.45) is 4.29. The molecule has 1 heterocycles. The number of rotatable bonds is 3. The first-order valence-electron chi connectivity index (χ1n) is 7.14. The van der Waals surface area contributed by atoms with Crippen molar-refractivity contribution < 1.29 is 0 Å². The second-order valence-electron chi connectivity index (χ2n) is 5.39. The predicted molar refractivity (Wildman–Crippen MR) is 88.8 cm³/mol. The molecule has 0 aromatic heterocycles. The van der Waals surface area contributed by atoms with Gasteiger partial charge in [0, 0.05) is 5.57 Å². The molecule has 2 aromatic rings. The highest BCUT2D eigenvalue weighted by Crippen LogP contribution is 2.24. The van der Waals surface area contributed by atoms with Crippen LogP contribution >= 0.6 is 0 Å². The van der Waals surface area contributed by atoms with E-state index < -0.39 is 0 Å².